The molecule has 0 bridgehead atoms. The van der Waals surface area contributed by atoms with Crippen molar-refractivity contribution in [2.45, 2.75) is 38.5 Å². The van der Waals surface area contributed by atoms with E-state index in [1.54, 1.807) is 0 Å². The molecule has 5 aromatic rings. The maximum Gasteiger partial charge on any atom is 0.270 e. The largest absolute Gasteiger partial charge is 0.270 e. The summed E-state index contributed by atoms with van der Waals surface area (Å²) in [5.74, 6) is 0. The van der Waals surface area contributed by atoms with Gasteiger partial charge in [0.1, 0.15) is 0 Å². The summed E-state index contributed by atoms with van der Waals surface area (Å²) in [6.45, 7) is 6.85. The van der Waals surface area contributed by atoms with E-state index in [9.17, 15) is 8.42 Å². The Labute approximate surface area is 194 Å². The van der Waals surface area contributed by atoms with E-state index in [1.807, 2.05) is 19.9 Å². The lowest BCUT2D eigenvalue weighted by Crippen LogP contribution is -2.51. The molecule has 0 amide bonds. The van der Waals surface area contributed by atoms with Crippen molar-refractivity contribution in [3.8, 4) is 0 Å². The topological polar surface area (TPSA) is 61.4 Å². The molecule has 0 aliphatic heterocycles. The van der Waals surface area contributed by atoms with Gasteiger partial charge >= 0.3 is 0 Å². The van der Waals surface area contributed by atoms with Crippen molar-refractivity contribution in [3.63, 3.8) is 0 Å². The molecule has 5 aromatic carbocycles. The molecule has 33 heavy (non-hydrogen) atoms. The van der Waals surface area contributed by atoms with Crippen LogP contribution in [0.2, 0.25) is 0 Å². The van der Waals surface area contributed by atoms with Gasteiger partial charge in [-0.2, -0.15) is 0 Å². The fraction of sp³-hybridized carbons (Fsp3) is 0.259. The van der Waals surface area contributed by atoms with Crippen LogP contribution in [0.3, 0.4) is 0 Å². The zero-order chi connectivity index (χ0) is 23.2. The zero-order valence-corrected chi connectivity index (χ0v) is 20.1. The number of nitrogens with zero attached hydrogens (tertiary/aromatic N) is 1. The molecule has 0 saturated carbocycles. The zero-order valence-electron chi connectivity index (χ0n) is 19.3. The van der Waals surface area contributed by atoms with Gasteiger partial charge < -0.3 is 0 Å². The van der Waals surface area contributed by atoms with E-state index in [4.69, 9.17) is 0 Å². The Kier molecular flexibility index (Phi) is 5.70. The minimum atomic E-state index is -3.88. The van der Waals surface area contributed by atoms with Gasteiger partial charge in [0.15, 0.2) is 0 Å². The Bertz CT molecular complexity index is 1570. The third-order valence-electron chi connectivity index (χ3n) is 6.28. The molecule has 0 aliphatic rings. The monoisotopic (exact) mass is 459 g/mol. The number of aryl methyl sites for hydroxylation is 1. The fourth-order valence-corrected chi connectivity index (χ4v) is 6.85. The molecular weight excluding hydrogens is 430 g/mol. The normalized spacial score (nSPS) is 12.7. The van der Waals surface area contributed by atoms with Gasteiger partial charge in [-0.3, -0.25) is 0 Å². The molecule has 5 rings (SSSR count). The molecule has 0 atom stereocenters. The highest BCUT2D eigenvalue weighted by Gasteiger charge is 2.31. The van der Waals surface area contributed by atoms with Crippen LogP contribution in [0.5, 0.6) is 0 Å². The highest BCUT2D eigenvalue weighted by molar-refractivity contribution is 7.89. The molecule has 170 valence electrons. The summed E-state index contributed by atoms with van der Waals surface area (Å²) < 4.78 is 29.6. The van der Waals surface area contributed by atoms with Crippen LogP contribution in [0, 0.1) is 0 Å². The molecule has 0 unspecified atom stereocenters. The first-order valence-electron chi connectivity index (χ1n) is 11.7. The van der Waals surface area contributed by atoms with Crippen molar-refractivity contribution in [3.05, 3.63) is 66.2 Å². The summed E-state index contributed by atoms with van der Waals surface area (Å²) >= 11 is 0. The third kappa shape index (κ3) is 3.37. The number of fused-ring (bicyclic) bond motifs is 2. The van der Waals surface area contributed by atoms with Gasteiger partial charge in [-0.25, -0.2) is 19.3 Å². The second-order valence-electron chi connectivity index (χ2n) is 8.40. The van der Waals surface area contributed by atoms with Crippen molar-refractivity contribution in [1.29, 1.82) is 0 Å². The smallest absolute Gasteiger partial charge is 0.227 e. The average Bonchev–Trinajstić information content (AvgIpc) is 2.81. The van der Waals surface area contributed by atoms with E-state index in [0.717, 1.165) is 55.1 Å². The predicted octanol–water partition coefficient (Wildman–Crippen LogP) is 5.73. The Hall–Kier alpha value is -2.77. The molecule has 0 saturated heterocycles. The number of benzene rings is 5. The van der Waals surface area contributed by atoms with Crippen LogP contribution in [-0.2, 0) is 16.4 Å². The quantitative estimate of drug-likeness (QED) is 0.177. The van der Waals surface area contributed by atoms with Gasteiger partial charge in [-0.15, -0.1) is 0 Å². The SMILES string of the molecule is CCCc1cc2cccc3c4cccc5cccc(c(c1S(=O)(=O)N(NCC)NCC)c23)c54. The maximum absolute atomic E-state index is 14.2. The fourth-order valence-electron chi connectivity index (χ4n) is 5.11. The van der Waals surface area contributed by atoms with Crippen LogP contribution in [-0.4, -0.2) is 26.0 Å². The van der Waals surface area contributed by atoms with E-state index < -0.39 is 10.0 Å². The van der Waals surface area contributed by atoms with Gasteiger partial charge in [0.25, 0.3) is 10.0 Å². The summed E-state index contributed by atoms with van der Waals surface area (Å²) in [4.78, 5) is 0.396. The first-order valence-corrected chi connectivity index (χ1v) is 13.1. The van der Waals surface area contributed by atoms with Crippen LogP contribution in [0.4, 0.5) is 0 Å². The lowest BCUT2D eigenvalue weighted by molar-refractivity contribution is 0.245. The number of rotatable bonds is 8. The first kappa shape index (κ1) is 22.0. The molecule has 0 spiro atoms. The summed E-state index contributed by atoms with van der Waals surface area (Å²) in [6.07, 6.45) is 1.54. The summed E-state index contributed by atoms with van der Waals surface area (Å²) in [6, 6.07) is 20.9. The highest BCUT2D eigenvalue weighted by Crippen LogP contribution is 2.44. The van der Waals surface area contributed by atoms with Gasteiger partial charge in [0.2, 0.25) is 0 Å². The van der Waals surface area contributed by atoms with Gasteiger partial charge in [0.05, 0.1) is 4.90 Å². The van der Waals surface area contributed by atoms with Crippen molar-refractivity contribution in [1.82, 2.24) is 15.4 Å². The first-order chi connectivity index (χ1) is 16.0. The van der Waals surface area contributed by atoms with Gasteiger partial charge in [0, 0.05) is 18.5 Å². The van der Waals surface area contributed by atoms with E-state index in [1.165, 1.54) is 4.52 Å². The van der Waals surface area contributed by atoms with E-state index in [0.29, 0.717) is 24.4 Å². The van der Waals surface area contributed by atoms with E-state index >= 15 is 0 Å². The molecule has 0 heterocycles. The lowest BCUT2D eigenvalue weighted by Gasteiger charge is -2.26. The van der Waals surface area contributed by atoms with Crippen LogP contribution in [0.15, 0.2) is 65.6 Å². The molecule has 5 nitrogen and oxygen atoms in total. The van der Waals surface area contributed by atoms with E-state index in [2.05, 4.69) is 72.4 Å². The molecule has 0 aliphatic carbocycles. The minimum Gasteiger partial charge on any atom is -0.227 e. The van der Waals surface area contributed by atoms with Gasteiger partial charge in [-0.1, -0.05) is 86.3 Å². The van der Waals surface area contributed by atoms with Crippen molar-refractivity contribution in [2.75, 3.05) is 13.1 Å². The number of sulfonamides is 1. The van der Waals surface area contributed by atoms with Crippen LogP contribution in [0.25, 0.3) is 43.1 Å². The lowest BCUT2D eigenvalue weighted by atomic mass is 9.88. The molecule has 2 N–H and O–H groups in total. The predicted molar refractivity (Wildman–Crippen MR) is 138 cm³/mol. The Balaban J connectivity index is 2.05. The number of hydrazine groups is 2. The second-order valence-corrected chi connectivity index (χ2v) is 10.1. The average molecular weight is 460 g/mol. The van der Waals surface area contributed by atoms with Gasteiger partial charge in [-0.05, 0) is 55.8 Å². The Morgan fingerprint density at radius 2 is 1.30 bits per heavy atom. The molecule has 0 aromatic heterocycles. The van der Waals surface area contributed by atoms with Crippen molar-refractivity contribution < 1.29 is 8.42 Å². The maximum atomic E-state index is 14.2. The Morgan fingerprint density at radius 3 is 1.91 bits per heavy atom. The number of hydrogen-bond donors (Lipinski definition) is 2. The molecular formula is C27H29N3O2S. The van der Waals surface area contributed by atoms with Crippen molar-refractivity contribution in [2.24, 2.45) is 0 Å². The van der Waals surface area contributed by atoms with Crippen LogP contribution >= 0.6 is 0 Å². The number of nitrogens with one attached hydrogen (secondary N) is 2. The summed E-state index contributed by atoms with van der Waals surface area (Å²) in [5.41, 5.74) is 6.86. The second kappa shape index (κ2) is 8.54. The van der Waals surface area contributed by atoms with E-state index in [-0.39, 0.29) is 0 Å². The van der Waals surface area contributed by atoms with Crippen LogP contribution in [0.1, 0.15) is 32.8 Å². The highest BCUT2D eigenvalue weighted by atomic mass is 32.2. The number of hydrogen-bond acceptors (Lipinski definition) is 4. The third-order valence-corrected chi connectivity index (χ3v) is 8.00. The molecule has 6 heteroatoms. The summed E-state index contributed by atoms with van der Waals surface area (Å²) in [7, 11) is -3.88. The van der Waals surface area contributed by atoms with Crippen LogP contribution < -0.4 is 10.9 Å². The molecule has 0 fully saturated rings. The Morgan fingerprint density at radius 1 is 0.727 bits per heavy atom. The minimum absolute atomic E-state index is 0.396. The summed E-state index contributed by atoms with van der Waals surface area (Å²) in [5, 5.41) is 8.36. The standard InChI is InChI=1S/C27H29N3O2S/c1-4-10-20-17-19-13-9-15-22-21-14-7-11-18-12-8-16-23(24(18)21)26(25(19)22)27(20)33(31,32)30(28-5-2)29-6-3/h7-9,11-17,28-29H,4-6,10H2,1-3H3. The molecule has 0 radical (unpaired) electrons. The van der Waals surface area contributed by atoms with Crippen molar-refractivity contribution >= 4 is 53.1 Å².